The van der Waals surface area contributed by atoms with Gasteiger partial charge in [0, 0.05) is 41.2 Å². The second-order valence-corrected chi connectivity index (χ2v) is 9.86. The molecular formula is C29H37N4O4+. The second kappa shape index (κ2) is 11.3. The Bertz CT molecular complexity index is 1320. The number of ether oxygens (including phenoxy) is 1. The number of quaternary nitrogens is 1. The predicted octanol–water partition coefficient (Wildman–Crippen LogP) is 4.07. The first kappa shape index (κ1) is 26.6. The van der Waals surface area contributed by atoms with Gasteiger partial charge in [0.1, 0.15) is 19.6 Å². The molecule has 1 aliphatic heterocycles. The number of amides is 1. The molecule has 3 aromatic rings. The first-order valence-electron chi connectivity index (χ1n) is 12.8. The number of aromatic nitrogens is 1. The lowest BCUT2D eigenvalue weighted by molar-refractivity contribution is -1.12. The molecule has 0 radical (unpaired) electrons. The van der Waals surface area contributed by atoms with Crippen molar-refractivity contribution >= 4 is 11.6 Å². The van der Waals surface area contributed by atoms with Gasteiger partial charge in [-0.05, 0) is 68.1 Å². The smallest absolute Gasteiger partial charge is 0.253 e. The van der Waals surface area contributed by atoms with Crippen LogP contribution in [-0.4, -0.2) is 53.6 Å². The van der Waals surface area contributed by atoms with Crippen LogP contribution in [0.3, 0.4) is 0 Å². The van der Waals surface area contributed by atoms with E-state index >= 15 is 0 Å². The molecule has 0 unspecified atom stereocenters. The zero-order chi connectivity index (χ0) is 26.6. The topological polar surface area (TPSA) is 103 Å². The zero-order valence-corrected chi connectivity index (χ0v) is 22.1. The van der Waals surface area contributed by atoms with E-state index in [2.05, 4.69) is 21.7 Å². The summed E-state index contributed by atoms with van der Waals surface area (Å²) in [5, 5.41) is 17.1. The van der Waals surface area contributed by atoms with E-state index in [0.717, 1.165) is 45.7 Å². The number of carbonyl (C=O) groups excluding carboxylic acids is 1. The third kappa shape index (κ3) is 6.28. The molecule has 1 fully saturated rings. The van der Waals surface area contributed by atoms with Crippen LogP contribution in [0.1, 0.15) is 45.2 Å². The summed E-state index contributed by atoms with van der Waals surface area (Å²) in [7, 11) is 0. The van der Waals surface area contributed by atoms with Crippen molar-refractivity contribution < 1.29 is 19.4 Å². The maximum Gasteiger partial charge on any atom is 0.253 e. The van der Waals surface area contributed by atoms with Gasteiger partial charge in [-0.1, -0.05) is 24.3 Å². The van der Waals surface area contributed by atoms with Crippen molar-refractivity contribution in [3.63, 3.8) is 0 Å². The Morgan fingerprint density at radius 1 is 1.05 bits per heavy atom. The number of morpholine rings is 1. The number of carbonyl (C=O) groups is 1. The summed E-state index contributed by atoms with van der Waals surface area (Å²) >= 11 is 0. The molecule has 8 nitrogen and oxygen atoms in total. The summed E-state index contributed by atoms with van der Waals surface area (Å²) < 4.78 is 5.37. The molecule has 1 saturated heterocycles. The Balaban J connectivity index is 1.58. The highest BCUT2D eigenvalue weighted by atomic mass is 16.6. The fourth-order valence-electron chi connectivity index (χ4n) is 4.84. The molecule has 1 aliphatic rings. The minimum Gasteiger partial charge on any atom is -0.385 e. The van der Waals surface area contributed by atoms with E-state index in [-0.39, 0.29) is 22.7 Å². The minimum atomic E-state index is -0.228. The van der Waals surface area contributed by atoms with Crippen molar-refractivity contribution in [1.82, 2.24) is 10.3 Å². The summed E-state index contributed by atoms with van der Waals surface area (Å²) in [6, 6.07) is 14.0. The predicted molar refractivity (Wildman–Crippen MR) is 145 cm³/mol. The average Bonchev–Trinajstić information content (AvgIpc) is 2.85. The van der Waals surface area contributed by atoms with Gasteiger partial charge in [-0.2, -0.15) is 4.65 Å². The molecule has 4 N–H and O–H groups in total. The quantitative estimate of drug-likeness (QED) is 0.346. The number of aryl methyl sites for hydroxylation is 2. The molecule has 2 heterocycles. The van der Waals surface area contributed by atoms with Crippen LogP contribution in [0.25, 0.3) is 11.1 Å². The van der Waals surface area contributed by atoms with Gasteiger partial charge in [-0.15, -0.1) is 0 Å². The number of rotatable bonds is 8. The van der Waals surface area contributed by atoms with E-state index in [0.29, 0.717) is 44.0 Å². The van der Waals surface area contributed by atoms with Crippen molar-refractivity contribution in [3.8, 4) is 11.1 Å². The van der Waals surface area contributed by atoms with Crippen LogP contribution in [0.15, 0.2) is 47.3 Å². The first-order valence-corrected chi connectivity index (χ1v) is 12.8. The molecule has 0 spiro atoms. The number of aromatic amines is 1. The van der Waals surface area contributed by atoms with Crippen LogP contribution in [0.4, 0.5) is 5.69 Å². The third-order valence-electron chi connectivity index (χ3n) is 7.01. The Hall–Kier alpha value is -3.46. The van der Waals surface area contributed by atoms with Crippen molar-refractivity contribution in [3.05, 3.63) is 86.3 Å². The van der Waals surface area contributed by atoms with Crippen LogP contribution < -0.4 is 16.2 Å². The molecule has 0 aliphatic carbocycles. The van der Waals surface area contributed by atoms with Gasteiger partial charge in [0.2, 0.25) is 0 Å². The molecule has 37 heavy (non-hydrogen) atoms. The fourth-order valence-corrected chi connectivity index (χ4v) is 4.84. The van der Waals surface area contributed by atoms with E-state index in [1.54, 1.807) is 0 Å². The number of anilines is 1. The highest BCUT2D eigenvalue weighted by Gasteiger charge is 2.29. The van der Waals surface area contributed by atoms with Crippen LogP contribution in [0.5, 0.6) is 0 Å². The Morgan fingerprint density at radius 2 is 1.76 bits per heavy atom. The van der Waals surface area contributed by atoms with Crippen LogP contribution >= 0.6 is 0 Å². The van der Waals surface area contributed by atoms with Crippen LogP contribution in [0.2, 0.25) is 0 Å². The molecule has 8 heteroatoms. The number of nitrogens with one attached hydrogen (secondary N) is 3. The fraction of sp³-hybridized carbons (Fsp3) is 0.379. The van der Waals surface area contributed by atoms with Gasteiger partial charge < -0.3 is 20.4 Å². The molecule has 196 valence electrons. The molecular weight excluding hydrogens is 468 g/mol. The second-order valence-electron chi connectivity index (χ2n) is 9.86. The van der Waals surface area contributed by atoms with Gasteiger partial charge in [0.15, 0.2) is 0 Å². The van der Waals surface area contributed by atoms with E-state index in [4.69, 9.17) is 4.74 Å². The lowest BCUT2D eigenvalue weighted by Gasteiger charge is -2.33. The molecule has 0 bridgehead atoms. The lowest BCUT2D eigenvalue weighted by Crippen LogP contribution is -2.51. The van der Waals surface area contributed by atoms with E-state index in [9.17, 15) is 14.8 Å². The standard InChI is InChI=1S/C29H36N4O4/c1-5-30-27-16-24(23-8-6-22(7-9-23)18-33(36)10-12-37-13-11-33)15-25(21(27)4)28(34)31-17-26-19(2)14-20(3)32-29(26)35/h6-9,14-16,30,36H,5,10-13,17-18H2,1-4H3,(H-,31,32,34,35)/p+1. The normalized spacial score (nSPS) is 14.8. The molecule has 0 saturated carbocycles. The lowest BCUT2D eigenvalue weighted by atomic mass is 9.96. The van der Waals surface area contributed by atoms with Gasteiger partial charge in [0.25, 0.3) is 11.5 Å². The monoisotopic (exact) mass is 505 g/mol. The molecule has 2 aromatic carbocycles. The van der Waals surface area contributed by atoms with Crippen molar-refractivity contribution in [2.24, 2.45) is 0 Å². The largest absolute Gasteiger partial charge is 0.385 e. The number of H-pyrrole nitrogens is 1. The molecule has 1 aromatic heterocycles. The summed E-state index contributed by atoms with van der Waals surface area (Å²) in [5.41, 5.74) is 7.28. The summed E-state index contributed by atoms with van der Waals surface area (Å²) in [4.78, 5) is 28.5. The number of nitrogens with zero attached hydrogens (tertiary/aromatic N) is 1. The number of hydrogen-bond acceptors (Lipinski definition) is 5. The molecule has 0 atom stereocenters. The number of benzene rings is 2. The number of pyridine rings is 1. The van der Waals surface area contributed by atoms with Crippen molar-refractivity contribution in [2.75, 3.05) is 38.2 Å². The van der Waals surface area contributed by atoms with Gasteiger partial charge in [-0.25, -0.2) is 5.21 Å². The van der Waals surface area contributed by atoms with Gasteiger partial charge in [0.05, 0.1) is 13.2 Å². The van der Waals surface area contributed by atoms with E-state index < -0.39 is 0 Å². The highest BCUT2D eigenvalue weighted by Crippen LogP contribution is 2.29. The SMILES string of the molecule is CCNc1cc(-c2ccc(C[N+]3(O)CCOCC3)cc2)cc(C(=O)NCc2c(C)cc(C)[nH]c2=O)c1C. The summed E-state index contributed by atoms with van der Waals surface area (Å²) in [5.74, 6) is -0.228. The Labute approximate surface area is 217 Å². The number of hydrogen-bond donors (Lipinski definition) is 4. The Morgan fingerprint density at radius 3 is 2.41 bits per heavy atom. The molecule has 1 amide bonds. The number of hydroxylamine groups is 3. The maximum atomic E-state index is 13.3. The minimum absolute atomic E-state index is 0.0118. The first-order chi connectivity index (χ1) is 17.7. The van der Waals surface area contributed by atoms with E-state index in [1.165, 1.54) is 0 Å². The third-order valence-corrected chi connectivity index (χ3v) is 7.01. The van der Waals surface area contributed by atoms with Crippen LogP contribution in [0, 0.1) is 20.8 Å². The average molecular weight is 506 g/mol. The maximum absolute atomic E-state index is 13.3. The van der Waals surface area contributed by atoms with Crippen molar-refractivity contribution in [2.45, 2.75) is 40.8 Å². The zero-order valence-electron chi connectivity index (χ0n) is 22.1. The van der Waals surface area contributed by atoms with Gasteiger partial charge >= 0.3 is 0 Å². The summed E-state index contributed by atoms with van der Waals surface area (Å²) in [6.07, 6.45) is 0. The van der Waals surface area contributed by atoms with Crippen LogP contribution in [-0.2, 0) is 17.8 Å². The van der Waals surface area contributed by atoms with E-state index in [1.807, 2.05) is 64.1 Å². The van der Waals surface area contributed by atoms with Crippen molar-refractivity contribution in [1.29, 1.82) is 0 Å². The highest BCUT2D eigenvalue weighted by molar-refractivity contribution is 5.98. The summed E-state index contributed by atoms with van der Waals surface area (Å²) in [6.45, 7) is 11.4. The Kier molecular flexibility index (Phi) is 8.12. The van der Waals surface area contributed by atoms with Gasteiger partial charge in [-0.3, -0.25) is 9.59 Å². The molecule has 4 rings (SSSR count).